The van der Waals surface area contributed by atoms with Gasteiger partial charge in [-0.1, -0.05) is 0 Å². The highest BCUT2D eigenvalue weighted by atomic mass is 32.1. The van der Waals surface area contributed by atoms with Crippen molar-refractivity contribution in [1.29, 1.82) is 0 Å². The molecule has 1 saturated heterocycles. The van der Waals surface area contributed by atoms with E-state index in [0.29, 0.717) is 18.7 Å². The van der Waals surface area contributed by atoms with Gasteiger partial charge in [0.25, 0.3) is 0 Å². The Hall–Kier alpha value is -0.650. The third-order valence-electron chi connectivity index (χ3n) is 2.88. The van der Waals surface area contributed by atoms with Crippen LogP contribution in [0.5, 0.6) is 0 Å². The Morgan fingerprint density at radius 3 is 3.07 bits per heavy atom. The monoisotopic (exact) mass is 227 g/mol. The fourth-order valence-electron chi connectivity index (χ4n) is 1.93. The Morgan fingerprint density at radius 1 is 1.73 bits per heavy atom. The molecule has 0 amide bonds. The van der Waals surface area contributed by atoms with Crippen molar-refractivity contribution < 1.29 is 4.74 Å². The maximum Gasteiger partial charge on any atom is 0.185 e. The van der Waals surface area contributed by atoms with Gasteiger partial charge in [0, 0.05) is 31.3 Å². The molecular weight excluding hydrogens is 210 g/mol. The smallest absolute Gasteiger partial charge is 0.185 e. The number of likely N-dealkylation sites (N-methyl/N-ethyl adjacent to an activating group) is 1. The zero-order chi connectivity index (χ0) is 10.8. The van der Waals surface area contributed by atoms with E-state index >= 15 is 0 Å². The van der Waals surface area contributed by atoms with Gasteiger partial charge in [0.1, 0.15) is 0 Å². The summed E-state index contributed by atoms with van der Waals surface area (Å²) in [6, 6.07) is 0.446. The number of hydrogen-bond acceptors (Lipinski definition) is 5. The topological polar surface area (TPSA) is 51.4 Å². The molecule has 0 saturated carbocycles. The molecular formula is C10H17N3OS. The molecule has 1 aromatic heterocycles. The van der Waals surface area contributed by atoms with Gasteiger partial charge in [-0.3, -0.25) is 0 Å². The number of rotatable bonds is 3. The zero-order valence-electron chi connectivity index (χ0n) is 9.14. The minimum atomic E-state index is 0.292. The Morgan fingerprint density at radius 2 is 2.53 bits per heavy atom. The lowest BCUT2D eigenvalue weighted by atomic mass is 10.1. The minimum absolute atomic E-state index is 0.292. The molecule has 1 aromatic rings. The quantitative estimate of drug-likeness (QED) is 0.843. The van der Waals surface area contributed by atoms with E-state index in [1.54, 1.807) is 11.3 Å². The van der Waals surface area contributed by atoms with Gasteiger partial charge < -0.3 is 15.4 Å². The SMILES string of the molecule is CC1OCCC1N(C)c1ncc(CN)s1. The molecule has 2 rings (SSSR count). The molecule has 5 heteroatoms. The number of aromatic nitrogens is 1. The lowest BCUT2D eigenvalue weighted by Gasteiger charge is -2.25. The highest BCUT2D eigenvalue weighted by molar-refractivity contribution is 7.15. The Bertz CT molecular complexity index is 328. The van der Waals surface area contributed by atoms with Gasteiger partial charge in [-0.05, 0) is 13.3 Å². The second-order valence-corrected chi connectivity index (χ2v) is 4.95. The van der Waals surface area contributed by atoms with Crippen LogP contribution in [0.15, 0.2) is 6.20 Å². The molecule has 84 valence electrons. The van der Waals surface area contributed by atoms with Crippen LogP contribution in [0.4, 0.5) is 5.13 Å². The molecule has 2 atom stereocenters. The predicted molar refractivity (Wildman–Crippen MR) is 62.2 cm³/mol. The molecule has 1 fully saturated rings. The van der Waals surface area contributed by atoms with Crippen LogP contribution in [0.25, 0.3) is 0 Å². The molecule has 0 aromatic carbocycles. The second kappa shape index (κ2) is 4.47. The first-order valence-electron chi connectivity index (χ1n) is 5.21. The molecule has 2 N–H and O–H groups in total. The number of hydrogen-bond donors (Lipinski definition) is 1. The van der Waals surface area contributed by atoms with E-state index in [1.807, 2.05) is 6.20 Å². The van der Waals surface area contributed by atoms with E-state index in [9.17, 15) is 0 Å². The van der Waals surface area contributed by atoms with E-state index in [1.165, 1.54) is 0 Å². The standard InChI is InChI=1S/C10H17N3OS/c1-7-9(3-4-14-7)13(2)10-12-6-8(5-11)15-10/h6-7,9H,3-5,11H2,1-2H3. The molecule has 0 radical (unpaired) electrons. The van der Waals surface area contributed by atoms with Crippen molar-refractivity contribution in [3.8, 4) is 0 Å². The Labute approximate surface area is 94.1 Å². The number of ether oxygens (including phenoxy) is 1. The normalized spacial score (nSPS) is 25.8. The number of nitrogens with two attached hydrogens (primary N) is 1. The van der Waals surface area contributed by atoms with Gasteiger partial charge in [0.15, 0.2) is 5.13 Å². The third kappa shape index (κ3) is 2.14. The molecule has 15 heavy (non-hydrogen) atoms. The molecule has 2 unspecified atom stereocenters. The summed E-state index contributed by atoms with van der Waals surface area (Å²) in [5.74, 6) is 0. The van der Waals surface area contributed by atoms with Crippen molar-refractivity contribution in [1.82, 2.24) is 4.98 Å². The summed E-state index contributed by atoms with van der Waals surface area (Å²) in [7, 11) is 2.08. The van der Waals surface area contributed by atoms with Gasteiger partial charge >= 0.3 is 0 Å². The minimum Gasteiger partial charge on any atom is -0.376 e. The summed E-state index contributed by atoms with van der Waals surface area (Å²) in [4.78, 5) is 7.71. The van der Waals surface area contributed by atoms with Crippen molar-refractivity contribution in [2.75, 3.05) is 18.6 Å². The first-order chi connectivity index (χ1) is 7.22. The van der Waals surface area contributed by atoms with Gasteiger partial charge in [-0.2, -0.15) is 0 Å². The van der Waals surface area contributed by atoms with Crippen LogP contribution in [0.2, 0.25) is 0 Å². The second-order valence-electron chi connectivity index (χ2n) is 3.86. The summed E-state index contributed by atoms with van der Waals surface area (Å²) < 4.78 is 5.55. The number of nitrogens with zero attached hydrogens (tertiary/aromatic N) is 2. The first-order valence-corrected chi connectivity index (χ1v) is 6.03. The number of thiazole rings is 1. The van der Waals surface area contributed by atoms with Crippen LogP contribution < -0.4 is 10.6 Å². The fourth-order valence-corrected chi connectivity index (χ4v) is 2.73. The molecule has 2 heterocycles. The maximum atomic E-state index is 5.57. The fraction of sp³-hybridized carbons (Fsp3) is 0.700. The Kier molecular flexibility index (Phi) is 3.23. The average Bonchev–Trinajstić information content (AvgIpc) is 2.84. The molecule has 1 aliphatic heterocycles. The van der Waals surface area contributed by atoms with E-state index in [0.717, 1.165) is 23.0 Å². The predicted octanol–water partition coefficient (Wildman–Crippen LogP) is 1.22. The van der Waals surface area contributed by atoms with Crippen LogP contribution in [-0.2, 0) is 11.3 Å². The van der Waals surface area contributed by atoms with Crippen molar-refractivity contribution in [2.24, 2.45) is 5.73 Å². The van der Waals surface area contributed by atoms with Crippen LogP contribution in [-0.4, -0.2) is 30.8 Å². The van der Waals surface area contributed by atoms with Gasteiger partial charge in [0.05, 0.1) is 12.1 Å². The third-order valence-corrected chi connectivity index (χ3v) is 3.99. The molecule has 0 spiro atoms. The Balaban J connectivity index is 2.09. The molecule has 4 nitrogen and oxygen atoms in total. The summed E-state index contributed by atoms with van der Waals surface area (Å²) in [6.07, 6.45) is 3.23. The van der Waals surface area contributed by atoms with Crippen LogP contribution in [0.1, 0.15) is 18.2 Å². The van der Waals surface area contributed by atoms with Crippen LogP contribution in [0.3, 0.4) is 0 Å². The van der Waals surface area contributed by atoms with E-state index in [2.05, 4.69) is 23.9 Å². The molecule has 0 aliphatic carbocycles. The lowest BCUT2D eigenvalue weighted by molar-refractivity contribution is 0.118. The lowest BCUT2D eigenvalue weighted by Crippen LogP contribution is -2.36. The molecule has 0 bridgehead atoms. The van der Waals surface area contributed by atoms with Gasteiger partial charge in [0.2, 0.25) is 0 Å². The van der Waals surface area contributed by atoms with E-state index in [4.69, 9.17) is 10.5 Å². The first kappa shape index (κ1) is 10.9. The largest absolute Gasteiger partial charge is 0.376 e. The van der Waals surface area contributed by atoms with Crippen molar-refractivity contribution in [3.63, 3.8) is 0 Å². The van der Waals surface area contributed by atoms with E-state index < -0.39 is 0 Å². The van der Waals surface area contributed by atoms with Crippen molar-refractivity contribution in [3.05, 3.63) is 11.1 Å². The summed E-state index contributed by atoms with van der Waals surface area (Å²) in [6.45, 7) is 3.54. The highest BCUT2D eigenvalue weighted by Gasteiger charge is 2.29. The van der Waals surface area contributed by atoms with Crippen molar-refractivity contribution in [2.45, 2.75) is 32.0 Å². The summed E-state index contributed by atoms with van der Waals surface area (Å²) in [5.41, 5.74) is 5.57. The highest BCUT2D eigenvalue weighted by Crippen LogP contribution is 2.27. The van der Waals surface area contributed by atoms with Crippen LogP contribution >= 0.6 is 11.3 Å². The zero-order valence-corrected chi connectivity index (χ0v) is 9.96. The van der Waals surface area contributed by atoms with Gasteiger partial charge in [-0.25, -0.2) is 4.98 Å². The average molecular weight is 227 g/mol. The summed E-state index contributed by atoms with van der Waals surface area (Å²) in [5, 5.41) is 1.04. The maximum absolute atomic E-state index is 5.57. The molecule has 1 aliphatic rings. The van der Waals surface area contributed by atoms with Crippen molar-refractivity contribution >= 4 is 16.5 Å². The van der Waals surface area contributed by atoms with Gasteiger partial charge in [-0.15, -0.1) is 11.3 Å². The summed E-state index contributed by atoms with van der Waals surface area (Å²) >= 11 is 1.66. The van der Waals surface area contributed by atoms with E-state index in [-0.39, 0.29) is 0 Å². The number of anilines is 1. The van der Waals surface area contributed by atoms with Crippen LogP contribution in [0, 0.1) is 0 Å².